The standard InChI is InChI=1S/C19H17F2N3O3/c1-11(25)23-16-10-17(15(21)9-14(16)20)24-18(26)8-5-12-3-6-13(7-4-12)19(27)22-2/h3-10H,1-2H3,(H,22,27)(H,23,25)(H,24,26)/b8-5+. The van der Waals surface area contributed by atoms with Crippen LogP contribution in [-0.4, -0.2) is 24.8 Å². The quantitative estimate of drug-likeness (QED) is 0.704. The van der Waals surface area contributed by atoms with E-state index in [4.69, 9.17) is 0 Å². The number of benzene rings is 2. The molecule has 0 heterocycles. The highest BCUT2D eigenvalue weighted by Crippen LogP contribution is 2.23. The lowest BCUT2D eigenvalue weighted by Crippen LogP contribution is -2.17. The van der Waals surface area contributed by atoms with Crippen LogP contribution in [0.5, 0.6) is 0 Å². The molecule has 8 heteroatoms. The van der Waals surface area contributed by atoms with Gasteiger partial charge >= 0.3 is 0 Å². The maximum Gasteiger partial charge on any atom is 0.251 e. The molecule has 0 aromatic heterocycles. The molecule has 0 aliphatic carbocycles. The van der Waals surface area contributed by atoms with Crippen molar-refractivity contribution in [1.29, 1.82) is 0 Å². The van der Waals surface area contributed by atoms with Crippen LogP contribution in [0, 0.1) is 11.6 Å². The first-order chi connectivity index (χ1) is 12.8. The second kappa shape index (κ2) is 8.70. The molecule has 140 valence electrons. The topological polar surface area (TPSA) is 87.3 Å². The fraction of sp³-hybridized carbons (Fsp3) is 0.105. The number of nitrogens with one attached hydrogen (secondary N) is 3. The highest BCUT2D eigenvalue weighted by Gasteiger charge is 2.12. The molecular formula is C19H17F2N3O3. The van der Waals surface area contributed by atoms with E-state index in [9.17, 15) is 23.2 Å². The van der Waals surface area contributed by atoms with E-state index < -0.39 is 23.4 Å². The van der Waals surface area contributed by atoms with Gasteiger partial charge in [0.25, 0.3) is 5.91 Å². The van der Waals surface area contributed by atoms with Crippen molar-refractivity contribution in [2.24, 2.45) is 0 Å². The maximum absolute atomic E-state index is 13.8. The van der Waals surface area contributed by atoms with Gasteiger partial charge in [0.1, 0.15) is 11.6 Å². The molecule has 2 aromatic carbocycles. The highest BCUT2D eigenvalue weighted by atomic mass is 19.1. The van der Waals surface area contributed by atoms with Gasteiger partial charge < -0.3 is 16.0 Å². The van der Waals surface area contributed by atoms with Gasteiger partial charge in [0.2, 0.25) is 11.8 Å². The zero-order valence-electron chi connectivity index (χ0n) is 14.6. The van der Waals surface area contributed by atoms with Crippen LogP contribution in [0.15, 0.2) is 42.5 Å². The number of carbonyl (C=O) groups excluding carboxylic acids is 3. The molecule has 3 N–H and O–H groups in total. The van der Waals surface area contributed by atoms with Gasteiger partial charge in [-0.15, -0.1) is 0 Å². The first-order valence-corrected chi connectivity index (χ1v) is 7.88. The maximum atomic E-state index is 13.8. The van der Waals surface area contributed by atoms with E-state index in [-0.39, 0.29) is 17.3 Å². The van der Waals surface area contributed by atoms with Crippen LogP contribution >= 0.6 is 0 Å². The van der Waals surface area contributed by atoms with Crippen LogP contribution in [0.4, 0.5) is 20.2 Å². The summed E-state index contributed by atoms with van der Waals surface area (Å²) in [6, 6.07) is 8.03. The lowest BCUT2D eigenvalue weighted by molar-refractivity contribution is -0.114. The van der Waals surface area contributed by atoms with Gasteiger partial charge in [0.15, 0.2) is 0 Å². The third-order valence-corrected chi connectivity index (χ3v) is 3.45. The van der Waals surface area contributed by atoms with Gasteiger partial charge in [-0.05, 0) is 29.8 Å². The van der Waals surface area contributed by atoms with Crippen LogP contribution in [0.3, 0.4) is 0 Å². The van der Waals surface area contributed by atoms with E-state index in [1.54, 1.807) is 24.3 Å². The lowest BCUT2D eigenvalue weighted by atomic mass is 10.1. The molecule has 0 aliphatic heterocycles. The van der Waals surface area contributed by atoms with Crippen LogP contribution < -0.4 is 16.0 Å². The molecule has 0 fully saturated rings. The van der Waals surface area contributed by atoms with Crippen molar-refractivity contribution in [3.05, 3.63) is 65.2 Å². The minimum absolute atomic E-state index is 0.231. The molecule has 0 radical (unpaired) electrons. The average molecular weight is 373 g/mol. The number of anilines is 2. The summed E-state index contributed by atoms with van der Waals surface area (Å²) in [7, 11) is 1.52. The smallest absolute Gasteiger partial charge is 0.251 e. The number of amides is 3. The molecule has 2 rings (SSSR count). The molecule has 0 saturated carbocycles. The Morgan fingerprint density at radius 1 is 0.926 bits per heavy atom. The summed E-state index contributed by atoms with van der Waals surface area (Å²) in [6.07, 6.45) is 2.63. The summed E-state index contributed by atoms with van der Waals surface area (Å²) in [6.45, 7) is 1.18. The Bertz CT molecular complexity index is 909. The normalized spacial score (nSPS) is 10.5. The van der Waals surface area contributed by atoms with Crippen LogP contribution in [0.2, 0.25) is 0 Å². The number of rotatable bonds is 5. The van der Waals surface area contributed by atoms with Gasteiger partial charge in [0, 0.05) is 31.7 Å². The van der Waals surface area contributed by atoms with Crippen molar-refractivity contribution in [1.82, 2.24) is 5.32 Å². The fourth-order valence-corrected chi connectivity index (χ4v) is 2.17. The van der Waals surface area contributed by atoms with Crippen molar-refractivity contribution in [2.75, 3.05) is 17.7 Å². The first kappa shape index (κ1) is 19.8. The van der Waals surface area contributed by atoms with E-state index in [2.05, 4.69) is 16.0 Å². The molecule has 6 nitrogen and oxygen atoms in total. The summed E-state index contributed by atoms with van der Waals surface area (Å²) in [5.74, 6) is -3.33. The van der Waals surface area contributed by atoms with Crippen molar-refractivity contribution in [2.45, 2.75) is 6.92 Å². The molecule has 27 heavy (non-hydrogen) atoms. The molecule has 3 amide bonds. The number of hydrogen-bond donors (Lipinski definition) is 3. The lowest BCUT2D eigenvalue weighted by Gasteiger charge is -2.09. The number of hydrogen-bond acceptors (Lipinski definition) is 3. The van der Waals surface area contributed by atoms with Crippen molar-refractivity contribution in [3.8, 4) is 0 Å². The van der Waals surface area contributed by atoms with Crippen molar-refractivity contribution < 1.29 is 23.2 Å². The van der Waals surface area contributed by atoms with Gasteiger partial charge in [-0.25, -0.2) is 8.78 Å². The summed E-state index contributed by atoms with van der Waals surface area (Å²) in [4.78, 5) is 34.5. The predicted octanol–water partition coefficient (Wildman–Crippen LogP) is 2.93. The summed E-state index contributed by atoms with van der Waals surface area (Å²) in [5, 5.41) is 6.98. The SMILES string of the molecule is CNC(=O)c1ccc(/C=C/C(=O)Nc2cc(NC(C)=O)c(F)cc2F)cc1. The molecule has 0 atom stereocenters. The molecule has 0 bridgehead atoms. The minimum atomic E-state index is -0.974. The van der Waals surface area contributed by atoms with E-state index in [0.29, 0.717) is 17.2 Å². The van der Waals surface area contributed by atoms with Gasteiger partial charge in [0.05, 0.1) is 11.4 Å². The molecule has 0 spiro atoms. The molecular weight excluding hydrogens is 356 g/mol. The molecule has 0 aliphatic rings. The Hall–Kier alpha value is -3.55. The summed E-state index contributed by atoms with van der Waals surface area (Å²) >= 11 is 0. The number of halogens is 2. The van der Waals surface area contributed by atoms with Crippen molar-refractivity contribution >= 4 is 35.2 Å². The van der Waals surface area contributed by atoms with E-state index >= 15 is 0 Å². The Morgan fingerprint density at radius 2 is 1.52 bits per heavy atom. The van der Waals surface area contributed by atoms with Crippen LogP contribution in [0.1, 0.15) is 22.8 Å². The third-order valence-electron chi connectivity index (χ3n) is 3.45. The van der Waals surface area contributed by atoms with E-state index in [0.717, 1.165) is 12.1 Å². The average Bonchev–Trinajstić information content (AvgIpc) is 2.63. The Balaban J connectivity index is 2.10. The summed E-state index contributed by atoms with van der Waals surface area (Å²) in [5.41, 5.74) is 0.604. The molecule has 0 unspecified atom stereocenters. The van der Waals surface area contributed by atoms with E-state index in [1.807, 2.05) is 0 Å². The van der Waals surface area contributed by atoms with Gasteiger partial charge in [-0.2, -0.15) is 0 Å². The molecule has 0 saturated heterocycles. The molecule has 2 aromatic rings. The van der Waals surface area contributed by atoms with Crippen LogP contribution in [0.25, 0.3) is 6.08 Å². The van der Waals surface area contributed by atoms with Crippen LogP contribution in [-0.2, 0) is 9.59 Å². The van der Waals surface area contributed by atoms with Crippen molar-refractivity contribution in [3.63, 3.8) is 0 Å². The first-order valence-electron chi connectivity index (χ1n) is 7.88. The number of carbonyl (C=O) groups is 3. The largest absolute Gasteiger partial charge is 0.355 e. The minimum Gasteiger partial charge on any atom is -0.355 e. The Labute approximate surface area is 154 Å². The monoisotopic (exact) mass is 373 g/mol. The fourth-order valence-electron chi connectivity index (χ4n) is 2.17. The predicted molar refractivity (Wildman–Crippen MR) is 98.2 cm³/mol. The third kappa shape index (κ3) is 5.46. The zero-order valence-corrected chi connectivity index (χ0v) is 14.6. The Kier molecular flexibility index (Phi) is 6.37. The summed E-state index contributed by atoms with van der Waals surface area (Å²) < 4.78 is 27.4. The highest BCUT2D eigenvalue weighted by molar-refractivity contribution is 6.02. The second-order valence-corrected chi connectivity index (χ2v) is 5.52. The Morgan fingerprint density at radius 3 is 2.07 bits per heavy atom. The van der Waals surface area contributed by atoms with Gasteiger partial charge in [-0.1, -0.05) is 12.1 Å². The zero-order chi connectivity index (χ0) is 20.0. The van der Waals surface area contributed by atoms with Gasteiger partial charge in [-0.3, -0.25) is 14.4 Å². The van der Waals surface area contributed by atoms with E-state index in [1.165, 1.54) is 20.0 Å². The second-order valence-electron chi connectivity index (χ2n) is 5.52.